The summed E-state index contributed by atoms with van der Waals surface area (Å²) < 4.78 is 5.32. The zero-order chi connectivity index (χ0) is 11.7. The largest absolute Gasteiger partial charge is 0.378 e. The maximum Gasteiger partial charge on any atom is 0.191 e. The van der Waals surface area contributed by atoms with Crippen molar-refractivity contribution in [1.29, 1.82) is 0 Å². The van der Waals surface area contributed by atoms with Gasteiger partial charge in [0, 0.05) is 19.6 Å². The van der Waals surface area contributed by atoms with Gasteiger partial charge in [0.05, 0.1) is 13.2 Å². The molecule has 1 aliphatic heterocycles. The van der Waals surface area contributed by atoms with E-state index in [-0.39, 0.29) is 0 Å². The molecule has 0 radical (unpaired) electrons. The van der Waals surface area contributed by atoms with E-state index in [4.69, 9.17) is 10.5 Å². The van der Waals surface area contributed by atoms with Gasteiger partial charge in [0.1, 0.15) is 0 Å². The van der Waals surface area contributed by atoms with Crippen LogP contribution in [-0.4, -0.2) is 43.7 Å². The number of ether oxygens (including phenoxy) is 1. The first-order valence-electron chi connectivity index (χ1n) is 6.95. The molecule has 2 saturated carbocycles. The Balaban J connectivity index is 1.51. The van der Waals surface area contributed by atoms with Gasteiger partial charge in [0.25, 0.3) is 0 Å². The zero-order valence-corrected chi connectivity index (χ0v) is 10.5. The summed E-state index contributed by atoms with van der Waals surface area (Å²) in [6.45, 7) is 4.30. The van der Waals surface area contributed by atoms with Crippen LogP contribution in [0.1, 0.15) is 25.7 Å². The SMILES string of the molecule is NC(=NCC1CC2CCC1C2)N1CCOCC1. The molecule has 4 nitrogen and oxygen atoms in total. The molecule has 2 N–H and O–H groups in total. The summed E-state index contributed by atoms with van der Waals surface area (Å²) >= 11 is 0. The quantitative estimate of drug-likeness (QED) is 0.577. The topological polar surface area (TPSA) is 50.8 Å². The fourth-order valence-electron chi connectivity index (χ4n) is 3.70. The first-order valence-corrected chi connectivity index (χ1v) is 6.95. The smallest absolute Gasteiger partial charge is 0.191 e. The third-order valence-electron chi connectivity index (χ3n) is 4.71. The van der Waals surface area contributed by atoms with Crippen molar-refractivity contribution < 1.29 is 4.74 Å². The number of morpholine rings is 1. The van der Waals surface area contributed by atoms with E-state index in [0.717, 1.165) is 56.6 Å². The summed E-state index contributed by atoms with van der Waals surface area (Å²) in [7, 11) is 0. The Morgan fingerprint density at radius 1 is 1.24 bits per heavy atom. The van der Waals surface area contributed by atoms with Gasteiger partial charge < -0.3 is 15.4 Å². The Morgan fingerprint density at radius 3 is 2.71 bits per heavy atom. The minimum absolute atomic E-state index is 0.732. The highest BCUT2D eigenvalue weighted by molar-refractivity contribution is 5.78. The Labute approximate surface area is 103 Å². The van der Waals surface area contributed by atoms with E-state index in [1.807, 2.05) is 0 Å². The average Bonchev–Trinajstić information content (AvgIpc) is 2.99. The van der Waals surface area contributed by atoms with Gasteiger partial charge in [-0.05, 0) is 37.0 Å². The van der Waals surface area contributed by atoms with Gasteiger partial charge in [-0.2, -0.15) is 0 Å². The Kier molecular flexibility index (Phi) is 3.23. The van der Waals surface area contributed by atoms with Crippen LogP contribution in [-0.2, 0) is 4.74 Å². The van der Waals surface area contributed by atoms with Crippen LogP contribution >= 0.6 is 0 Å². The molecule has 0 aromatic carbocycles. The zero-order valence-electron chi connectivity index (χ0n) is 10.5. The maximum absolute atomic E-state index is 6.05. The molecule has 3 unspecified atom stereocenters. The second kappa shape index (κ2) is 4.84. The van der Waals surface area contributed by atoms with E-state index >= 15 is 0 Å². The van der Waals surface area contributed by atoms with Crippen LogP contribution in [0.3, 0.4) is 0 Å². The lowest BCUT2D eigenvalue weighted by Gasteiger charge is -2.28. The van der Waals surface area contributed by atoms with Crippen LogP contribution in [0.15, 0.2) is 4.99 Å². The predicted octanol–water partition coefficient (Wildman–Crippen LogP) is 1.07. The van der Waals surface area contributed by atoms with Crippen LogP contribution < -0.4 is 5.73 Å². The van der Waals surface area contributed by atoms with Crippen LogP contribution in [0.4, 0.5) is 0 Å². The summed E-state index contributed by atoms with van der Waals surface area (Å²) in [6.07, 6.45) is 5.74. The molecule has 3 atom stereocenters. The monoisotopic (exact) mass is 237 g/mol. The fraction of sp³-hybridized carbons (Fsp3) is 0.923. The van der Waals surface area contributed by atoms with Crippen LogP contribution in [0.5, 0.6) is 0 Å². The molecule has 0 spiro atoms. The first kappa shape index (κ1) is 11.3. The number of fused-ring (bicyclic) bond motifs is 2. The van der Waals surface area contributed by atoms with Gasteiger partial charge in [-0.25, -0.2) is 0 Å². The Morgan fingerprint density at radius 2 is 2.06 bits per heavy atom. The number of hydrogen-bond acceptors (Lipinski definition) is 2. The van der Waals surface area contributed by atoms with Gasteiger partial charge in [-0.1, -0.05) is 6.42 Å². The second-order valence-corrected chi connectivity index (χ2v) is 5.73. The molecule has 0 aromatic rings. The third kappa shape index (κ3) is 2.41. The van der Waals surface area contributed by atoms with Crippen molar-refractivity contribution in [2.45, 2.75) is 25.7 Å². The summed E-state index contributed by atoms with van der Waals surface area (Å²) in [5.41, 5.74) is 6.05. The summed E-state index contributed by atoms with van der Waals surface area (Å²) in [6, 6.07) is 0. The van der Waals surface area contributed by atoms with E-state index in [1.165, 1.54) is 25.7 Å². The summed E-state index contributed by atoms with van der Waals surface area (Å²) in [5.74, 6) is 3.50. The van der Waals surface area contributed by atoms with E-state index in [1.54, 1.807) is 0 Å². The lowest BCUT2D eigenvalue weighted by Crippen LogP contribution is -2.45. The molecule has 17 heavy (non-hydrogen) atoms. The van der Waals surface area contributed by atoms with E-state index in [2.05, 4.69) is 9.89 Å². The lowest BCUT2D eigenvalue weighted by atomic mass is 9.89. The van der Waals surface area contributed by atoms with Gasteiger partial charge >= 0.3 is 0 Å². The maximum atomic E-state index is 6.05. The van der Waals surface area contributed by atoms with Crippen molar-refractivity contribution >= 4 is 5.96 Å². The number of nitrogens with zero attached hydrogens (tertiary/aromatic N) is 2. The predicted molar refractivity (Wildman–Crippen MR) is 67.8 cm³/mol. The van der Waals surface area contributed by atoms with E-state index in [0.29, 0.717) is 0 Å². The van der Waals surface area contributed by atoms with Crippen molar-refractivity contribution in [3.05, 3.63) is 0 Å². The molecular formula is C13H23N3O. The molecule has 2 bridgehead atoms. The number of guanidine groups is 1. The van der Waals surface area contributed by atoms with Crippen molar-refractivity contribution in [2.24, 2.45) is 28.5 Å². The summed E-state index contributed by atoms with van der Waals surface area (Å²) in [5, 5.41) is 0. The average molecular weight is 237 g/mol. The Bertz CT molecular complexity index is 299. The van der Waals surface area contributed by atoms with Crippen LogP contribution in [0.2, 0.25) is 0 Å². The standard InChI is InChI=1S/C13H23N3O/c14-13(16-3-5-17-6-4-16)15-9-12-8-10-1-2-11(12)7-10/h10-12H,1-9H2,(H2,14,15). The number of hydrogen-bond donors (Lipinski definition) is 1. The van der Waals surface area contributed by atoms with Crippen molar-refractivity contribution in [1.82, 2.24) is 4.90 Å². The van der Waals surface area contributed by atoms with Gasteiger partial charge in [-0.3, -0.25) is 4.99 Å². The molecular weight excluding hydrogens is 214 g/mol. The third-order valence-corrected chi connectivity index (χ3v) is 4.71. The number of aliphatic imine (C=N–C) groups is 1. The highest BCUT2D eigenvalue weighted by atomic mass is 16.5. The molecule has 96 valence electrons. The molecule has 0 amide bonds. The first-order chi connectivity index (χ1) is 8.33. The molecule has 3 aliphatic rings. The van der Waals surface area contributed by atoms with Crippen LogP contribution in [0, 0.1) is 17.8 Å². The molecule has 1 saturated heterocycles. The molecule has 3 rings (SSSR count). The minimum atomic E-state index is 0.732. The normalized spacial score (nSPS) is 37.8. The van der Waals surface area contributed by atoms with Gasteiger partial charge in [0.2, 0.25) is 0 Å². The van der Waals surface area contributed by atoms with Gasteiger partial charge in [-0.15, -0.1) is 0 Å². The van der Waals surface area contributed by atoms with E-state index < -0.39 is 0 Å². The van der Waals surface area contributed by atoms with Crippen molar-refractivity contribution in [3.8, 4) is 0 Å². The van der Waals surface area contributed by atoms with Crippen molar-refractivity contribution in [2.75, 3.05) is 32.8 Å². The fourth-order valence-corrected chi connectivity index (χ4v) is 3.70. The molecule has 1 heterocycles. The summed E-state index contributed by atoms with van der Waals surface area (Å²) in [4.78, 5) is 6.76. The molecule has 3 fully saturated rings. The lowest BCUT2D eigenvalue weighted by molar-refractivity contribution is 0.0673. The molecule has 0 aromatic heterocycles. The number of nitrogens with two attached hydrogens (primary N) is 1. The molecule has 2 aliphatic carbocycles. The Hall–Kier alpha value is -0.770. The number of rotatable bonds is 2. The molecule has 4 heteroatoms. The highest BCUT2D eigenvalue weighted by Crippen LogP contribution is 2.48. The van der Waals surface area contributed by atoms with Crippen molar-refractivity contribution in [3.63, 3.8) is 0 Å². The second-order valence-electron chi connectivity index (χ2n) is 5.73. The van der Waals surface area contributed by atoms with E-state index in [9.17, 15) is 0 Å². The highest BCUT2D eigenvalue weighted by Gasteiger charge is 2.39. The van der Waals surface area contributed by atoms with Gasteiger partial charge in [0.15, 0.2) is 5.96 Å². The minimum Gasteiger partial charge on any atom is -0.378 e. The van der Waals surface area contributed by atoms with Crippen LogP contribution in [0.25, 0.3) is 0 Å².